The molecule has 102 valence electrons. The van der Waals surface area contributed by atoms with E-state index in [-0.39, 0.29) is 17.3 Å². The van der Waals surface area contributed by atoms with E-state index in [1.807, 2.05) is 0 Å². The minimum Gasteiger partial charge on any atom is -0.506 e. The number of rotatable bonds is 3. The number of aromatic hydroxyl groups is 1. The van der Waals surface area contributed by atoms with Crippen LogP contribution in [-0.2, 0) is 4.79 Å². The summed E-state index contributed by atoms with van der Waals surface area (Å²) >= 11 is 5.77. The van der Waals surface area contributed by atoms with E-state index in [1.165, 1.54) is 42.5 Å². The molecule has 0 heterocycles. The molecule has 0 unspecified atom stereocenters. The van der Waals surface area contributed by atoms with Gasteiger partial charge in [0.1, 0.15) is 11.6 Å². The molecule has 3 nitrogen and oxygen atoms in total. The highest BCUT2D eigenvalue weighted by atomic mass is 35.5. The fraction of sp³-hybridized carbons (Fsp3) is 0. The van der Waals surface area contributed by atoms with E-state index < -0.39 is 5.91 Å². The predicted octanol–water partition coefficient (Wildman–Crippen LogP) is 3.84. The van der Waals surface area contributed by atoms with Gasteiger partial charge in [0.2, 0.25) is 5.91 Å². The van der Waals surface area contributed by atoms with E-state index in [0.29, 0.717) is 10.6 Å². The van der Waals surface area contributed by atoms with Crippen LogP contribution in [0.15, 0.2) is 48.5 Å². The Morgan fingerprint density at radius 2 is 2.05 bits per heavy atom. The predicted molar refractivity (Wildman–Crippen MR) is 77.2 cm³/mol. The molecule has 0 fully saturated rings. The standard InChI is InChI=1S/C15H11ClFNO2/c16-11-5-6-14(19)13(9-11)18-15(20)7-4-10-2-1-3-12(17)8-10/h1-9,19H,(H,18,20)/b7-4+. The maximum atomic E-state index is 13.0. The molecule has 5 heteroatoms. The maximum absolute atomic E-state index is 13.0. The first-order valence-electron chi connectivity index (χ1n) is 5.78. The molecular weight excluding hydrogens is 281 g/mol. The molecule has 2 aromatic carbocycles. The lowest BCUT2D eigenvalue weighted by Gasteiger charge is -2.05. The minimum absolute atomic E-state index is 0.0816. The van der Waals surface area contributed by atoms with Gasteiger partial charge in [0.25, 0.3) is 0 Å². The minimum atomic E-state index is -0.452. The molecule has 0 aromatic heterocycles. The van der Waals surface area contributed by atoms with Crippen molar-refractivity contribution in [3.63, 3.8) is 0 Å². The summed E-state index contributed by atoms with van der Waals surface area (Å²) < 4.78 is 13.0. The van der Waals surface area contributed by atoms with E-state index in [1.54, 1.807) is 12.1 Å². The highest BCUT2D eigenvalue weighted by Crippen LogP contribution is 2.26. The van der Waals surface area contributed by atoms with E-state index >= 15 is 0 Å². The van der Waals surface area contributed by atoms with Gasteiger partial charge in [0.15, 0.2) is 0 Å². The van der Waals surface area contributed by atoms with Gasteiger partial charge >= 0.3 is 0 Å². The molecular formula is C15H11ClFNO2. The molecule has 2 N–H and O–H groups in total. The number of benzene rings is 2. The number of nitrogens with one attached hydrogen (secondary N) is 1. The van der Waals surface area contributed by atoms with Crippen molar-refractivity contribution < 1.29 is 14.3 Å². The Bertz CT molecular complexity index is 671. The Hall–Kier alpha value is -2.33. The van der Waals surface area contributed by atoms with Crippen molar-refractivity contribution in [3.8, 4) is 5.75 Å². The molecule has 0 bridgehead atoms. The molecule has 0 radical (unpaired) electrons. The summed E-state index contributed by atoms with van der Waals surface area (Å²) in [6.07, 6.45) is 2.72. The van der Waals surface area contributed by atoms with Gasteiger partial charge in [-0.1, -0.05) is 23.7 Å². The zero-order chi connectivity index (χ0) is 14.5. The third kappa shape index (κ3) is 3.83. The molecule has 0 saturated carbocycles. The summed E-state index contributed by atoms with van der Waals surface area (Å²) in [6, 6.07) is 10.2. The largest absolute Gasteiger partial charge is 0.506 e. The van der Waals surface area contributed by atoms with E-state index in [0.717, 1.165) is 0 Å². The first kappa shape index (κ1) is 14.1. The van der Waals surface area contributed by atoms with Gasteiger partial charge in [-0.25, -0.2) is 4.39 Å². The van der Waals surface area contributed by atoms with E-state index in [2.05, 4.69) is 5.32 Å². The fourth-order valence-electron chi connectivity index (χ4n) is 1.56. The lowest BCUT2D eigenvalue weighted by Crippen LogP contribution is -2.07. The molecule has 2 aromatic rings. The third-order valence-electron chi connectivity index (χ3n) is 2.49. The van der Waals surface area contributed by atoms with E-state index in [4.69, 9.17) is 11.6 Å². The van der Waals surface area contributed by atoms with E-state index in [9.17, 15) is 14.3 Å². The quantitative estimate of drug-likeness (QED) is 0.667. The monoisotopic (exact) mass is 291 g/mol. The Labute approximate surface area is 120 Å². The van der Waals surface area contributed by atoms with Crippen LogP contribution in [0.2, 0.25) is 5.02 Å². The summed E-state index contributed by atoms with van der Waals surface area (Å²) in [7, 11) is 0. The maximum Gasteiger partial charge on any atom is 0.248 e. The highest BCUT2D eigenvalue weighted by molar-refractivity contribution is 6.31. The summed E-state index contributed by atoms with van der Waals surface area (Å²) in [4.78, 5) is 11.7. The molecule has 0 aliphatic carbocycles. The van der Waals surface area contributed by atoms with Gasteiger partial charge in [-0.2, -0.15) is 0 Å². The first-order valence-corrected chi connectivity index (χ1v) is 6.15. The molecule has 0 aliphatic heterocycles. The van der Waals surface area contributed by atoms with Crippen LogP contribution in [0.4, 0.5) is 10.1 Å². The first-order chi connectivity index (χ1) is 9.54. The number of halogens is 2. The Morgan fingerprint density at radius 3 is 2.80 bits per heavy atom. The van der Waals surface area contributed by atoms with Crippen molar-refractivity contribution >= 4 is 29.3 Å². The lowest BCUT2D eigenvalue weighted by molar-refractivity contribution is -0.111. The van der Waals surface area contributed by atoms with Crippen LogP contribution in [0.25, 0.3) is 6.08 Å². The van der Waals surface area contributed by atoms with Crippen LogP contribution in [0.5, 0.6) is 5.75 Å². The smallest absolute Gasteiger partial charge is 0.248 e. The van der Waals surface area contributed by atoms with Gasteiger partial charge in [0, 0.05) is 11.1 Å². The van der Waals surface area contributed by atoms with Gasteiger partial charge in [-0.3, -0.25) is 4.79 Å². The van der Waals surface area contributed by atoms with Crippen molar-refractivity contribution in [1.82, 2.24) is 0 Å². The van der Waals surface area contributed by atoms with Crippen LogP contribution in [0.3, 0.4) is 0 Å². The number of carbonyl (C=O) groups is 1. The van der Waals surface area contributed by atoms with Crippen LogP contribution in [0.1, 0.15) is 5.56 Å². The number of hydrogen-bond donors (Lipinski definition) is 2. The van der Waals surface area contributed by atoms with Crippen molar-refractivity contribution in [3.05, 3.63) is 64.9 Å². The van der Waals surface area contributed by atoms with Gasteiger partial charge in [0.05, 0.1) is 5.69 Å². The Kier molecular flexibility index (Phi) is 4.38. The second-order valence-electron chi connectivity index (χ2n) is 4.04. The number of carbonyl (C=O) groups excluding carboxylic acids is 1. The van der Waals surface area contributed by atoms with Crippen LogP contribution < -0.4 is 5.32 Å². The summed E-state index contributed by atoms with van der Waals surface area (Å²) in [5, 5.41) is 12.4. The number of anilines is 1. The van der Waals surface area contributed by atoms with Gasteiger partial charge in [-0.05, 0) is 42.0 Å². The molecule has 0 spiro atoms. The SMILES string of the molecule is O=C(/C=C/c1cccc(F)c1)Nc1cc(Cl)ccc1O. The van der Waals surface area contributed by atoms with Crippen molar-refractivity contribution in [2.75, 3.05) is 5.32 Å². The number of phenolic OH excluding ortho intramolecular Hbond substituents is 1. The normalized spacial score (nSPS) is 10.7. The third-order valence-corrected chi connectivity index (χ3v) is 2.73. The summed E-state index contributed by atoms with van der Waals surface area (Å²) in [6.45, 7) is 0. The summed E-state index contributed by atoms with van der Waals surface area (Å²) in [5.74, 6) is -0.909. The average molecular weight is 292 g/mol. The van der Waals surface area contributed by atoms with Crippen LogP contribution >= 0.6 is 11.6 Å². The second kappa shape index (κ2) is 6.21. The molecule has 1 amide bonds. The second-order valence-corrected chi connectivity index (χ2v) is 4.48. The zero-order valence-corrected chi connectivity index (χ0v) is 11.1. The van der Waals surface area contributed by atoms with Crippen LogP contribution in [-0.4, -0.2) is 11.0 Å². The van der Waals surface area contributed by atoms with Crippen molar-refractivity contribution in [2.45, 2.75) is 0 Å². The molecule has 0 atom stereocenters. The lowest BCUT2D eigenvalue weighted by atomic mass is 10.2. The molecule has 0 saturated heterocycles. The Morgan fingerprint density at radius 1 is 1.25 bits per heavy atom. The molecule has 0 aliphatic rings. The average Bonchev–Trinajstić information content (AvgIpc) is 2.41. The number of phenols is 1. The van der Waals surface area contributed by atoms with Crippen LogP contribution in [0, 0.1) is 5.82 Å². The highest BCUT2D eigenvalue weighted by Gasteiger charge is 2.04. The van der Waals surface area contributed by atoms with Crippen molar-refractivity contribution in [1.29, 1.82) is 0 Å². The zero-order valence-electron chi connectivity index (χ0n) is 10.3. The Balaban J connectivity index is 2.07. The molecule has 2 rings (SSSR count). The summed E-state index contributed by atoms with van der Waals surface area (Å²) in [5.41, 5.74) is 0.779. The van der Waals surface area contributed by atoms with Crippen molar-refractivity contribution in [2.24, 2.45) is 0 Å². The number of hydrogen-bond acceptors (Lipinski definition) is 2. The number of amides is 1. The van der Waals surface area contributed by atoms with Gasteiger partial charge < -0.3 is 10.4 Å². The topological polar surface area (TPSA) is 49.3 Å². The fourth-order valence-corrected chi connectivity index (χ4v) is 1.74. The van der Waals surface area contributed by atoms with Gasteiger partial charge in [-0.15, -0.1) is 0 Å². The molecule has 20 heavy (non-hydrogen) atoms.